The van der Waals surface area contributed by atoms with Crippen LogP contribution in [0.4, 0.5) is 4.79 Å². The van der Waals surface area contributed by atoms with Crippen LogP contribution in [-0.4, -0.2) is 6.09 Å². The van der Waals surface area contributed by atoms with Crippen molar-refractivity contribution in [2.24, 2.45) is 0 Å². The summed E-state index contributed by atoms with van der Waals surface area (Å²) < 4.78 is 4.42. The molecule has 70 valence electrons. The van der Waals surface area contributed by atoms with Crippen molar-refractivity contribution in [3.8, 4) is 0 Å². The van der Waals surface area contributed by atoms with E-state index in [1.807, 2.05) is 31.2 Å². The Labute approximate surface area is 91.2 Å². The molecule has 0 fully saturated rings. The summed E-state index contributed by atoms with van der Waals surface area (Å²) in [7, 11) is 0. The quantitative estimate of drug-likeness (QED) is 0.850. The van der Waals surface area contributed by atoms with E-state index < -0.39 is 6.09 Å². The lowest BCUT2D eigenvalue weighted by atomic mass is 10.1. The standard InChI is InChI=1S/C9H10INO2/c1-7-3-2-4-8(5-7)6-11-9(12)13-10/h2-5H,6H2,1H3,(H,11,12). The summed E-state index contributed by atoms with van der Waals surface area (Å²) in [5.41, 5.74) is 2.25. The summed E-state index contributed by atoms with van der Waals surface area (Å²) in [4.78, 5) is 10.7. The molecular formula is C9H10INO2. The first-order chi connectivity index (χ1) is 6.22. The Kier molecular flexibility index (Phi) is 4.01. The maximum Gasteiger partial charge on any atom is 0.416 e. The number of aryl methyl sites for hydroxylation is 1. The van der Waals surface area contributed by atoms with Crippen LogP contribution in [0.1, 0.15) is 11.1 Å². The maximum absolute atomic E-state index is 10.7. The van der Waals surface area contributed by atoms with Gasteiger partial charge in [0.1, 0.15) is 0 Å². The van der Waals surface area contributed by atoms with Crippen LogP contribution in [0.15, 0.2) is 24.3 Å². The molecule has 0 unspecified atom stereocenters. The van der Waals surface area contributed by atoms with Gasteiger partial charge >= 0.3 is 6.09 Å². The van der Waals surface area contributed by atoms with Gasteiger partial charge in [-0.1, -0.05) is 29.8 Å². The molecule has 1 amide bonds. The molecule has 0 aromatic heterocycles. The first-order valence-electron chi connectivity index (χ1n) is 3.84. The van der Waals surface area contributed by atoms with Crippen molar-refractivity contribution in [1.29, 1.82) is 0 Å². The summed E-state index contributed by atoms with van der Waals surface area (Å²) in [6, 6.07) is 7.95. The minimum atomic E-state index is -0.415. The minimum Gasteiger partial charge on any atom is -0.378 e. The molecule has 4 heteroatoms. The van der Waals surface area contributed by atoms with E-state index in [2.05, 4.69) is 8.38 Å². The van der Waals surface area contributed by atoms with Gasteiger partial charge in [-0.15, -0.1) is 0 Å². The van der Waals surface area contributed by atoms with Crippen LogP contribution in [0.2, 0.25) is 0 Å². The molecule has 1 N–H and O–H groups in total. The van der Waals surface area contributed by atoms with E-state index in [1.165, 1.54) is 5.56 Å². The van der Waals surface area contributed by atoms with Crippen molar-refractivity contribution < 1.29 is 7.86 Å². The first kappa shape index (κ1) is 10.3. The number of benzene rings is 1. The van der Waals surface area contributed by atoms with Crippen LogP contribution in [-0.2, 0) is 9.61 Å². The lowest BCUT2D eigenvalue weighted by molar-refractivity contribution is 0.214. The minimum absolute atomic E-state index is 0.415. The highest BCUT2D eigenvalue weighted by Gasteiger charge is 1.98. The third-order valence-corrected chi connectivity index (χ3v) is 1.99. The van der Waals surface area contributed by atoms with E-state index >= 15 is 0 Å². The summed E-state index contributed by atoms with van der Waals surface area (Å²) >= 11 is 1.55. The molecule has 0 radical (unpaired) electrons. The molecule has 0 spiro atoms. The van der Waals surface area contributed by atoms with E-state index in [1.54, 1.807) is 23.0 Å². The van der Waals surface area contributed by atoms with Crippen LogP contribution >= 0.6 is 23.0 Å². The molecule has 0 aliphatic heterocycles. The molecule has 0 aliphatic rings. The fourth-order valence-corrected chi connectivity index (χ4v) is 1.18. The van der Waals surface area contributed by atoms with Gasteiger partial charge in [0, 0.05) is 6.54 Å². The first-order valence-corrected chi connectivity index (χ1v) is 4.72. The highest BCUT2D eigenvalue weighted by molar-refractivity contribution is 14.1. The van der Waals surface area contributed by atoms with Crippen molar-refractivity contribution in [3.05, 3.63) is 35.4 Å². The Morgan fingerprint density at radius 2 is 2.38 bits per heavy atom. The SMILES string of the molecule is Cc1cccc(CNC(=O)OI)c1. The smallest absolute Gasteiger partial charge is 0.378 e. The lowest BCUT2D eigenvalue weighted by Gasteiger charge is -2.02. The number of nitrogens with one attached hydrogen (secondary N) is 1. The number of hydrogen-bond donors (Lipinski definition) is 1. The van der Waals surface area contributed by atoms with Crippen LogP contribution in [0.3, 0.4) is 0 Å². The van der Waals surface area contributed by atoms with Crippen LogP contribution in [0, 0.1) is 6.92 Å². The Morgan fingerprint density at radius 1 is 1.62 bits per heavy atom. The van der Waals surface area contributed by atoms with Crippen LogP contribution in [0.5, 0.6) is 0 Å². The Morgan fingerprint density at radius 3 is 3.00 bits per heavy atom. The van der Waals surface area contributed by atoms with E-state index in [9.17, 15) is 4.79 Å². The van der Waals surface area contributed by atoms with Crippen molar-refractivity contribution in [2.75, 3.05) is 0 Å². The van der Waals surface area contributed by atoms with Gasteiger partial charge in [0.2, 0.25) is 0 Å². The largest absolute Gasteiger partial charge is 0.416 e. The molecule has 0 atom stereocenters. The summed E-state index contributed by atoms with van der Waals surface area (Å²) in [6.07, 6.45) is -0.415. The zero-order valence-corrected chi connectivity index (χ0v) is 9.37. The molecule has 0 saturated carbocycles. The van der Waals surface area contributed by atoms with Gasteiger partial charge < -0.3 is 8.38 Å². The Bertz CT molecular complexity index is 301. The van der Waals surface area contributed by atoms with Gasteiger partial charge in [0.25, 0.3) is 0 Å². The highest BCUT2D eigenvalue weighted by atomic mass is 127. The molecule has 1 aromatic carbocycles. The Hall–Kier alpha value is -0.780. The average Bonchev–Trinajstić information content (AvgIpc) is 2.14. The van der Waals surface area contributed by atoms with Crippen LogP contribution < -0.4 is 5.32 Å². The highest BCUT2D eigenvalue weighted by Crippen LogP contribution is 2.03. The van der Waals surface area contributed by atoms with Gasteiger partial charge in [-0.3, -0.25) is 0 Å². The summed E-state index contributed by atoms with van der Waals surface area (Å²) in [6.45, 7) is 2.52. The molecule has 0 aliphatic carbocycles. The predicted octanol–water partition coefficient (Wildman–Crippen LogP) is 2.57. The van der Waals surface area contributed by atoms with Gasteiger partial charge in [-0.05, 0) is 12.5 Å². The maximum atomic E-state index is 10.7. The molecular weight excluding hydrogens is 281 g/mol. The third-order valence-electron chi connectivity index (χ3n) is 1.59. The van der Waals surface area contributed by atoms with Gasteiger partial charge in [0.15, 0.2) is 23.0 Å². The fraction of sp³-hybridized carbons (Fsp3) is 0.222. The van der Waals surface area contributed by atoms with E-state index in [0.717, 1.165) is 5.56 Å². The molecule has 1 aromatic rings. The van der Waals surface area contributed by atoms with Crippen molar-refractivity contribution >= 4 is 29.1 Å². The molecule has 0 bridgehead atoms. The summed E-state index contributed by atoms with van der Waals surface area (Å²) in [5, 5.41) is 2.61. The summed E-state index contributed by atoms with van der Waals surface area (Å²) in [5.74, 6) is 0. The van der Waals surface area contributed by atoms with Crippen molar-refractivity contribution in [2.45, 2.75) is 13.5 Å². The Balaban J connectivity index is 2.50. The number of carbonyl (C=O) groups excluding carboxylic acids is 1. The second kappa shape index (κ2) is 5.06. The third kappa shape index (κ3) is 3.63. The molecule has 0 heterocycles. The van der Waals surface area contributed by atoms with Crippen LogP contribution in [0.25, 0.3) is 0 Å². The average molecular weight is 291 g/mol. The normalized spacial score (nSPS) is 9.38. The predicted molar refractivity (Wildman–Crippen MR) is 58.5 cm³/mol. The van der Waals surface area contributed by atoms with Gasteiger partial charge in [-0.2, -0.15) is 0 Å². The lowest BCUT2D eigenvalue weighted by Crippen LogP contribution is -2.20. The monoisotopic (exact) mass is 291 g/mol. The van der Waals surface area contributed by atoms with Gasteiger partial charge in [0.05, 0.1) is 0 Å². The van der Waals surface area contributed by atoms with Gasteiger partial charge in [-0.25, -0.2) is 4.79 Å². The second-order valence-electron chi connectivity index (χ2n) is 2.71. The second-order valence-corrected chi connectivity index (χ2v) is 3.15. The number of carbonyl (C=O) groups is 1. The number of halogens is 1. The molecule has 13 heavy (non-hydrogen) atoms. The van der Waals surface area contributed by atoms with Crippen molar-refractivity contribution in [1.82, 2.24) is 5.32 Å². The number of amides is 1. The molecule has 1 rings (SSSR count). The fourth-order valence-electron chi connectivity index (χ4n) is 1.02. The van der Waals surface area contributed by atoms with Crippen molar-refractivity contribution in [3.63, 3.8) is 0 Å². The molecule has 3 nitrogen and oxygen atoms in total. The zero-order chi connectivity index (χ0) is 9.68. The van der Waals surface area contributed by atoms with E-state index in [-0.39, 0.29) is 0 Å². The molecule has 0 saturated heterocycles. The van der Waals surface area contributed by atoms with E-state index in [4.69, 9.17) is 0 Å². The topological polar surface area (TPSA) is 38.3 Å². The number of hydrogen-bond acceptors (Lipinski definition) is 2. The van der Waals surface area contributed by atoms with E-state index in [0.29, 0.717) is 6.54 Å². The zero-order valence-electron chi connectivity index (χ0n) is 7.21. The number of rotatable bonds is 2.